The molecule has 0 atom stereocenters. The van der Waals surface area contributed by atoms with Crippen molar-refractivity contribution < 1.29 is 8.78 Å². The Morgan fingerprint density at radius 3 is 1.64 bits per heavy atom. The van der Waals surface area contributed by atoms with Gasteiger partial charge in [-0.3, -0.25) is 0 Å². The van der Waals surface area contributed by atoms with E-state index in [1.165, 1.54) is 83.5 Å². The maximum atomic E-state index is 12.8. The Balaban J connectivity index is 1.48. The summed E-state index contributed by atoms with van der Waals surface area (Å²) < 4.78 is 25.6. The van der Waals surface area contributed by atoms with E-state index in [-0.39, 0.29) is 5.92 Å². The molecule has 0 nitrogen and oxygen atoms in total. The van der Waals surface area contributed by atoms with Gasteiger partial charge in [0.1, 0.15) is 0 Å². The van der Waals surface area contributed by atoms with E-state index in [9.17, 15) is 8.78 Å². The van der Waals surface area contributed by atoms with Gasteiger partial charge < -0.3 is 0 Å². The van der Waals surface area contributed by atoms with E-state index in [0.29, 0.717) is 0 Å². The number of hydrogen-bond acceptors (Lipinski definition) is 0. The lowest BCUT2D eigenvalue weighted by Gasteiger charge is -2.37. The zero-order chi connectivity index (χ0) is 17.9. The summed E-state index contributed by atoms with van der Waals surface area (Å²) in [6, 6.07) is 0. The molecule has 0 aromatic carbocycles. The first-order chi connectivity index (χ1) is 12.2. The smallest absolute Gasteiger partial charge is 0.210 e. The van der Waals surface area contributed by atoms with Crippen LogP contribution in [0, 0.1) is 23.7 Å². The van der Waals surface area contributed by atoms with Gasteiger partial charge in [0.05, 0.1) is 0 Å². The van der Waals surface area contributed by atoms with Crippen LogP contribution in [0.1, 0.15) is 116 Å². The quantitative estimate of drug-likeness (QED) is 0.326. The van der Waals surface area contributed by atoms with Gasteiger partial charge in [0.25, 0.3) is 0 Å². The summed E-state index contributed by atoms with van der Waals surface area (Å²) in [6.45, 7) is 2.28. The van der Waals surface area contributed by atoms with Gasteiger partial charge in [-0.25, -0.2) is 8.78 Å². The Bertz CT molecular complexity index is 312. The minimum Gasteiger partial charge on any atom is -0.210 e. The summed E-state index contributed by atoms with van der Waals surface area (Å²) in [7, 11) is 0. The van der Waals surface area contributed by atoms with E-state index in [4.69, 9.17) is 0 Å². The molecule has 2 heteroatoms. The van der Waals surface area contributed by atoms with Crippen LogP contribution >= 0.6 is 0 Å². The SMILES string of the molecule is CCCCCCCCCC[C@H]1CC[C@H]([C@H]2CC[C@H](C(F)F)CC2)CC1. The van der Waals surface area contributed by atoms with Gasteiger partial charge in [0, 0.05) is 5.92 Å². The van der Waals surface area contributed by atoms with E-state index in [0.717, 1.165) is 43.4 Å². The third-order valence-electron chi connectivity index (χ3n) is 7.20. The molecular weight excluding hydrogens is 314 g/mol. The van der Waals surface area contributed by atoms with Crippen LogP contribution in [0.3, 0.4) is 0 Å². The fraction of sp³-hybridized carbons (Fsp3) is 1.00. The fourth-order valence-corrected chi connectivity index (χ4v) is 5.38. The molecule has 0 aromatic heterocycles. The Hall–Kier alpha value is -0.140. The van der Waals surface area contributed by atoms with Gasteiger partial charge in [-0.2, -0.15) is 0 Å². The molecule has 2 rings (SSSR count). The molecule has 2 saturated carbocycles. The Labute approximate surface area is 155 Å². The highest BCUT2D eigenvalue weighted by atomic mass is 19.3. The van der Waals surface area contributed by atoms with Crippen LogP contribution in [0.15, 0.2) is 0 Å². The Morgan fingerprint density at radius 2 is 1.12 bits per heavy atom. The first kappa shape index (κ1) is 21.2. The molecule has 0 bridgehead atoms. The van der Waals surface area contributed by atoms with E-state index < -0.39 is 6.43 Å². The highest BCUT2D eigenvalue weighted by Crippen LogP contribution is 2.43. The predicted molar refractivity (Wildman–Crippen MR) is 104 cm³/mol. The highest BCUT2D eigenvalue weighted by Gasteiger charge is 2.33. The van der Waals surface area contributed by atoms with Gasteiger partial charge in [-0.1, -0.05) is 77.6 Å². The van der Waals surface area contributed by atoms with Crippen LogP contribution in [0.4, 0.5) is 8.78 Å². The summed E-state index contributed by atoms with van der Waals surface area (Å²) in [5, 5.41) is 0. The molecule has 0 unspecified atom stereocenters. The number of unbranched alkanes of at least 4 members (excludes halogenated alkanes) is 7. The Morgan fingerprint density at radius 1 is 0.640 bits per heavy atom. The lowest BCUT2D eigenvalue weighted by Crippen LogP contribution is -2.27. The van der Waals surface area contributed by atoms with Crippen LogP contribution in [-0.2, 0) is 0 Å². The fourth-order valence-electron chi connectivity index (χ4n) is 5.38. The second kappa shape index (κ2) is 12.3. The lowest BCUT2D eigenvalue weighted by atomic mass is 9.68. The monoisotopic (exact) mass is 356 g/mol. The molecule has 0 spiro atoms. The maximum Gasteiger partial charge on any atom is 0.241 e. The molecule has 0 heterocycles. The summed E-state index contributed by atoms with van der Waals surface area (Å²) in [5.74, 6) is 2.29. The summed E-state index contributed by atoms with van der Waals surface area (Å²) in [4.78, 5) is 0. The molecule has 0 N–H and O–H groups in total. The average molecular weight is 357 g/mol. The zero-order valence-corrected chi connectivity index (χ0v) is 16.7. The van der Waals surface area contributed by atoms with E-state index in [2.05, 4.69) is 6.92 Å². The number of hydrogen-bond donors (Lipinski definition) is 0. The largest absolute Gasteiger partial charge is 0.241 e. The highest BCUT2D eigenvalue weighted by molar-refractivity contribution is 4.82. The minimum absolute atomic E-state index is 0.297. The normalized spacial score (nSPS) is 30.7. The molecule has 0 amide bonds. The predicted octanol–water partition coefficient (Wildman–Crippen LogP) is 8.40. The summed E-state index contributed by atoms with van der Waals surface area (Å²) in [6.07, 6.45) is 20.0. The maximum absolute atomic E-state index is 12.8. The van der Waals surface area contributed by atoms with Crippen LogP contribution in [0.25, 0.3) is 0 Å². The standard InChI is InChI=1S/C23H42F2/c1-2-3-4-5-6-7-8-9-10-19-11-13-20(14-12-19)21-15-17-22(18-16-21)23(24)25/h19-23H,2-18H2,1H3/t19-,20-,21-,22-. The van der Waals surface area contributed by atoms with Crippen molar-refractivity contribution in [2.24, 2.45) is 23.7 Å². The zero-order valence-electron chi connectivity index (χ0n) is 16.7. The molecule has 25 heavy (non-hydrogen) atoms. The van der Waals surface area contributed by atoms with Crippen LogP contribution in [-0.4, -0.2) is 6.43 Å². The summed E-state index contributed by atoms with van der Waals surface area (Å²) in [5.41, 5.74) is 0. The van der Waals surface area contributed by atoms with Crippen molar-refractivity contribution in [1.82, 2.24) is 0 Å². The summed E-state index contributed by atoms with van der Waals surface area (Å²) >= 11 is 0. The third kappa shape index (κ3) is 7.95. The van der Waals surface area contributed by atoms with Crippen molar-refractivity contribution in [3.8, 4) is 0 Å². The van der Waals surface area contributed by atoms with Gasteiger partial charge >= 0.3 is 0 Å². The van der Waals surface area contributed by atoms with Crippen molar-refractivity contribution in [1.29, 1.82) is 0 Å². The van der Waals surface area contributed by atoms with E-state index in [1.807, 2.05) is 0 Å². The van der Waals surface area contributed by atoms with Crippen molar-refractivity contribution >= 4 is 0 Å². The van der Waals surface area contributed by atoms with E-state index in [1.54, 1.807) is 0 Å². The van der Waals surface area contributed by atoms with Crippen LogP contribution in [0.2, 0.25) is 0 Å². The van der Waals surface area contributed by atoms with Crippen molar-refractivity contribution in [2.45, 2.75) is 123 Å². The first-order valence-corrected chi connectivity index (χ1v) is 11.5. The second-order valence-corrected chi connectivity index (χ2v) is 9.05. The number of rotatable bonds is 11. The van der Waals surface area contributed by atoms with Crippen LogP contribution in [0.5, 0.6) is 0 Å². The third-order valence-corrected chi connectivity index (χ3v) is 7.20. The number of alkyl halides is 2. The lowest BCUT2D eigenvalue weighted by molar-refractivity contribution is 0.0339. The second-order valence-electron chi connectivity index (χ2n) is 9.05. The Kier molecular flexibility index (Phi) is 10.4. The molecule has 2 aliphatic carbocycles. The minimum atomic E-state index is -2.08. The van der Waals surface area contributed by atoms with Gasteiger partial charge in [-0.05, 0) is 56.3 Å². The molecule has 0 aromatic rings. The molecule has 2 aliphatic rings. The van der Waals surface area contributed by atoms with Crippen molar-refractivity contribution in [3.05, 3.63) is 0 Å². The van der Waals surface area contributed by atoms with Gasteiger partial charge in [0.15, 0.2) is 0 Å². The molecule has 148 valence electrons. The van der Waals surface area contributed by atoms with Crippen molar-refractivity contribution in [3.63, 3.8) is 0 Å². The van der Waals surface area contributed by atoms with Crippen LogP contribution < -0.4 is 0 Å². The molecular formula is C23H42F2. The molecule has 0 aliphatic heterocycles. The van der Waals surface area contributed by atoms with E-state index >= 15 is 0 Å². The topological polar surface area (TPSA) is 0 Å². The van der Waals surface area contributed by atoms with Gasteiger partial charge in [-0.15, -0.1) is 0 Å². The molecule has 2 fully saturated rings. The van der Waals surface area contributed by atoms with Gasteiger partial charge in [0.2, 0.25) is 6.43 Å². The average Bonchev–Trinajstić information content (AvgIpc) is 2.64. The molecule has 0 saturated heterocycles. The van der Waals surface area contributed by atoms with Crippen molar-refractivity contribution in [2.75, 3.05) is 0 Å². The molecule has 0 radical (unpaired) electrons. The first-order valence-electron chi connectivity index (χ1n) is 11.5. The number of halogens is 2.